The average Bonchev–Trinajstić information content (AvgIpc) is 2.88. The van der Waals surface area contributed by atoms with Crippen molar-refractivity contribution in [3.8, 4) is 0 Å². The van der Waals surface area contributed by atoms with E-state index < -0.39 is 0 Å². The second kappa shape index (κ2) is 4.78. The number of esters is 1. The molecule has 1 fully saturated rings. The van der Waals surface area contributed by atoms with Crippen molar-refractivity contribution in [2.45, 2.75) is 45.6 Å². The molecule has 0 radical (unpaired) electrons. The Labute approximate surface area is 86.4 Å². The Bertz CT molecular complexity index is 195. The summed E-state index contributed by atoms with van der Waals surface area (Å²) < 4.78 is 4.99. The van der Waals surface area contributed by atoms with Crippen molar-refractivity contribution in [1.82, 2.24) is 4.90 Å². The van der Waals surface area contributed by atoms with Crippen LogP contribution in [-0.4, -0.2) is 36.1 Å². The quantitative estimate of drug-likeness (QED) is 0.611. The number of ether oxygens (including phenoxy) is 1. The molecule has 3 heteroatoms. The molecular weight excluding hydrogens is 178 g/mol. The molecule has 0 atom stereocenters. The van der Waals surface area contributed by atoms with E-state index in [1.165, 1.54) is 0 Å². The molecule has 0 aliphatic heterocycles. The lowest BCUT2D eigenvalue weighted by Crippen LogP contribution is -2.39. The van der Waals surface area contributed by atoms with Crippen LogP contribution in [0.15, 0.2) is 0 Å². The Balaban J connectivity index is 2.45. The maximum absolute atomic E-state index is 11.4. The summed E-state index contributed by atoms with van der Waals surface area (Å²) >= 11 is 0. The summed E-state index contributed by atoms with van der Waals surface area (Å²) in [5, 5.41) is 0. The van der Waals surface area contributed by atoms with Gasteiger partial charge in [-0.1, -0.05) is 13.8 Å². The Morgan fingerprint density at radius 1 is 1.29 bits per heavy atom. The molecule has 1 aliphatic carbocycles. The second-order valence-corrected chi connectivity index (χ2v) is 3.88. The molecule has 82 valence electrons. The maximum atomic E-state index is 11.4. The molecular formula is C11H21NO2. The Kier molecular flexibility index (Phi) is 3.93. The van der Waals surface area contributed by atoms with Gasteiger partial charge in [0.05, 0.1) is 13.0 Å². The predicted octanol–water partition coefficient (Wildman–Crippen LogP) is 1.81. The fourth-order valence-electron chi connectivity index (χ4n) is 2.12. The first kappa shape index (κ1) is 11.5. The van der Waals surface area contributed by atoms with Crippen molar-refractivity contribution in [1.29, 1.82) is 0 Å². The third kappa shape index (κ3) is 2.47. The zero-order valence-corrected chi connectivity index (χ0v) is 9.51. The molecule has 0 heterocycles. The molecule has 0 amide bonds. The van der Waals surface area contributed by atoms with E-state index in [2.05, 4.69) is 18.7 Å². The Morgan fingerprint density at radius 3 is 2.21 bits per heavy atom. The van der Waals surface area contributed by atoms with Crippen molar-refractivity contribution in [2.75, 3.05) is 19.7 Å². The first-order valence-corrected chi connectivity index (χ1v) is 5.59. The topological polar surface area (TPSA) is 29.5 Å². The van der Waals surface area contributed by atoms with Gasteiger partial charge in [-0.25, -0.2) is 0 Å². The molecule has 0 aromatic heterocycles. The van der Waals surface area contributed by atoms with E-state index >= 15 is 0 Å². The van der Waals surface area contributed by atoms with Crippen molar-refractivity contribution in [2.24, 2.45) is 0 Å². The molecule has 0 aromatic carbocycles. The number of hydrogen-bond donors (Lipinski definition) is 0. The van der Waals surface area contributed by atoms with Crippen LogP contribution < -0.4 is 0 Å². The second-order valence-electron chi connectivity index (χ2n) is 3.88. The monoisotopic (exact) mass is 199 g/mol. The molecule has 3 nitrogen and oxygen atoms in total. The van der Waals surface area contributed by atoms with Crippen LogP contribution in [0, 0.1) is 0 Å². The third-order valence-electron chi connectivity index (χ3n) is 3.04. The Hall–Kier alpha value is -0.570. The van der Waals surface area contributed by atoms with Crippen molar-refractivity contribution < 1.29 is 9.53 Å². The highest BCUT2D eigenvalue weighted by Gasteiger charge is 2.48. The van der Waals surface area contributed by atoms with Crippen LogP contribution in [0.3, 0.4) is 0 Å². The van der Waals surface area contributed by atoms with Crippen LogP contribution in [-0.2, 0) is 9.53 Å². The fourth-order valence-corrected chi connectivity index (χ4v) is 2.12. The molecule has 1 rings (SSSR count). The number of rotatable bonds is 6. The minimum absolute atomic E-state index is 0.0445. The average molecular weight is 199 g/mol. The van der Waals surface area contributed by atoms with Crippen LogP contribution in [0.1, 0.15) is 40.0 Å². The Morgan fingerprint density at radius 2 is 1.86 bits per heavy atom. The number of carbonyl (C=O) groups is 1. The highest BCUT2D eigenvalue weighted by Crippen LogP contribution is 2.44. The van der Waals surface area contributed by atoms with Gasteiger partial charge in [0.1, 0.15) is 0 Å². The van der Waals surface area contributed by atoms with Crippen LogP contribution in [0.4, 0.5) is 0 Å². The summed E-state index contributed by atoms with van der Waals surface area (Å²) in [6, 6.07) is 0. The zero-order chi connectivity index (χ0) is 10.6. The van der Waals surface area contributed by atoms with E-state index in [4.69, 9.17) is 4.74 Å². The van der Waals surface area contributed by atoms with Crippen molar-refractivity contribution in [3.63, 3.8) is 0 Å². The number of carbonyl (C=O) groups excluding carboxylic acids is 1. The molecule has 0 bridgehead atoms. The SMILES string of the molecule is CCOC(=O)CC1(N(CC)CC)CC1. The van der Waals surface area contributed by atoms with Gasteiger partial charge in [0.15, 0.2) is 0 Å². The zero-order valence-electron chi connectivity index (χ0n) is 9.51. The summed E-state index contributed by atoms with van der Waals surface area (Å²) in [5.74, 6) is -0.0445. The fraction of sp³-hybridized carbons (Fsp3) is 0.909. The third-order valence-corrected chi connectivity index (χ3v) is 3.04. The van der Waals surface area contributed by atoms with Gasteiger partial charge in [-0.15, -0.1) is 0 Å². The van der Waals surface area contributed by atoms with E-state index in [1.807, 2.05) is 6.92 Å². The summed E-state index contributed by atoms with van der Waals surface area (Å²) in [6.45, 7) is 8.69. The summed E-state index contributed by atoms with van der Waals surface area (Å²) in [7, 11) is 0. The molecule has 0 aromatic rings. The van der Waals surface area contributed by atoms with Crippen LogP contribution in [0.2, 0.25) is 0 Å². The first-order chi connectivity index (χ1) is 6.68. The number of hydrogen-bond acceptors (Lipinski definition) is 3. The standard InChI is InChI=1S/C11H21NO2/c1-4-12(5-2)11(7-8-11)9-10(13)14-6-3/h4-9H2,1-3H3. The van der Waals surface area contributed by atoms with Gasteiger partial charge in [0, 0.05) is 5.54 Å². The van der Waals surface area contributed by atoms with Gasteiger partial charge in [-0.2, -0.15) is 0 Å². The molecule has 0 N–H and O–H groups in total. The smallest absolute Gasteiger partial charge is 0.307 e. The summed E-state index contributed by atoms with van der Waals surface area (Å²) in [5.41, 5.74) is 0.149. The number of nitrogens with zero attached hydrogens (tertiary/aromatic N) is 1. The first-order valence-electron chi connectivity index (χ1n) is 5.59. The minimum atomic E-state index is -0.0445. The molecule has 0 unspecified atom stereocenters. The molecule has 0 saturated heterocycles. The molecule has 14 heavy (non-hydrogen) atoms. The van der Waals surface area contributed by atoms with Gasteiger partial charge < -0.3 is 4.74 Å². The van der Waals surface area contributed by atoms with Gasteiger partial charge in [-0.05, 0) is 32.9 Å². The normalized spacial score (nSPS) is 18.3. The minimum Gasteiger partial charge on any atom is -0.466 e. The molecule has 0 spiro atoms. The highest BCUT2D eigenvalue weighted by molar-refractivity contribution is 5.71. The summed E-state index contributed by atoms with van der Waals surface area (Å²) in [4.78, 5) is 13.8. The van der Waals surface area contributed by atoms with Gasteiger partial charge in [0.2, 0.25) is 0 Å². The van der Waals surface area contributed by atoms with E-state index in [9.17, 15) is 4.79 Å². The largest absolute Gasteiger partial charge is 0.466 e. The van der Waals surface area contributed by atoms with Gasteiger partial charge >= 0.3 is 5.97 Å². The molecule has 1 saturated carbocycles. The predicted molar refractivity (Wildman–Crippen MR) is 56.1 cm³/mol. The van der Waals surface area contributed by atoms with E-state index in [1.54, 1.807) is 0 Å². The lowest BCUT2D eigenvalue weighted by molar-refractivity contribution is -0.144. The van der Waals surface area contributed by atoms with E-state index in [0.29, 0.717) is 13.0 Å². The maximum Gasteiger partial charge on any atom is 0.307 e. The van der Waals surface area contributed by atoms with Gasteiger partial charge in [0.25, 0.3) is 0 Å². The van der Waals surface area contributed by atoms with Crippen LogP contribution >= 0.6 is 0 Å². The lowest BCUT2D eigenvalue weighted by Gasteiger charge is -2.28. The summed E-state index contributed by atoms with van der Waals surface area (Å²) in [6.07, 6.45) is 2.86. The van der Waals surface area contributed by atoms with Crippen molar-refractivity contribution in [3.05, 3.63) is 0 Å². The van der Waals surface area contributed by atoms with Crippen molar-refractivity contribution >= 4 is 5.97 Å². The van der Waals surface area contributed by atoms with E-state index in [-0.39, 0.29) is 11.5 Å². The van der Waals surface area contributed by atoms with E-state index in [0.717, 1.165) is 25.9 Å². The van der Waals surface area contributed by atoms with Gasteiger partial charge in [-0.3, -0.25) is 9.69 Å². The van der Waals surface area contributed by atoms with Crippen LogP contribution in [0.25, 0.3) is 0 Å². The highest BCUT2D eigenvalue weighted by atomic mass is 16.5. The van der Waals surface area contributed by atoms with Crippen LogP contribution in [0.5, 0.6) is 0 Å². The lowest BCUT2D eigenvalue weighted by atomic mass is 10.1. The molecule has 1 aliphatic rings.